The van der Waals surface area contributed by atoms with Crippen molar-refractivity contribution < 1.29 is 31.5 Å². The molecule has 0 atom stereocenters. The zero-order chi connectivity index (χ0) is 16.3. The van der Waals surface area contributed by atoms with Crippen LogP contribution in [0.2, 0.25) is 0 Å². The number of benzene rings is 2. The van der Waals surface area contributed by atoms with Crippen molar-refractivity contribution in [3.63, 3.8) is 0 Å². The summed E-state index contributed by atoms with van der Waals surface area (Å²) < 4.78 is 67.4. The lowest BCUT2D eigenvalue weighted by molar-refractivity contribution is -0.253. The first-order valence-electron chi connectivity index (χ1n) is 6.05. The van der Waals surface area contributed by atoms with Crippen molar-refractivity contribution in [1.82, 2.24) is 0 Å². The third-order valence-electron chi connectivity index (χ3n) is 2.72. The van der Waals surface area contributed by atoms with Crippen LogP contribution >= 0.6 is 0 Å². The normalized spacial score (nSPS) is 11.5. The standard InChI is InChI=1S/C15H9F5O2/c16-10-6-7-11(13(21)9-4-2-1-3-5-9)12(8-10)22-15(19,20)14(17)18/h1-8,14H. The number of ether oxygens (including phenoxy) is 1. The molecule has 0 saturated heterocycles. The molecule has 22 heavy (non-hydrogen) atoms. The highest BCUT2D eigenvalue weighted by Crippen LogP contribution is 2.31. The van der Waals surface area contributed by atoms with Gasteiger partial charge < -0.3 is 4.74 Å². The molecule has 0 bridgehead atoms. The summed E-state index contributed by atoms with van der Waals surface area (Å²) in [5, 5.41) is 0. The molecular formula is C15H9F5O2. The molecule has 0 aliphatic carbocycles. The van der Waals surface area contributed by atoms with Gasteiger partial charge in [-0.15, -0.1) is 0 Å². The van der Waals surface area contributed by atoms with Gasteiger partial charge in [-0.3, -0.25) is 4.79 Å². The first kappa shape index (κ1) is 15.9. The van der Waals surface area contributed by atoms with Crippen LogP contribution in [-0.4, -0.2) is 18.3 Å². The van der Waals surface area contributed by atoms with Crippen LogP contribution in [0.1, 0.15) is 15.9 Å². The van der Waals surface area contributed by atoms with E-state index >= 15 is 0 Å². The van der Waals surface area contributed by atoms with Crippen LogP contribution in [-0.2, 0) is 0 Å². The van der Waals surface area contributed by atoms with Gasteiger partial charge in [0.25, 0.3) is 0 Å². The maximum absolute atomic E-state index is 13.2. The minimum Gasteiger partial charge on any atom is -0.427 e. The van der Waals surface area contributed by atoms with Gasteiger partial charge in [0.05, 0.1) is 5.56 Å². The van der Waals surface area contributed by atoms with Crippen molar-refractivity contribution in [2.45, 2.75) is 12.5 Å². The Balaban J connectivity index is 2.43. The van der Waals surface area contributed by atoms with Crippen LogP contribution in [0.25, 0.3) is 0 Å². The third kappa shape index (κ3) is 3.41. The molecule has 2 aromatic rings. The Morgan fingerprint density at radius 3 is 2.27 bits per heavy atom. The van der Waals surface area contributed by atoms with Crippen LogP contribution in [0.15, 0.2) is 48.5 Å². The van der Waals surface area contributed by atoms with E-state index in [2.05, 4.69) is 4.74 Å². The highest BCUT2D eigenvalue weighted by Gasteiger charge is 2.44. The molecule has 0 radical (unpaired) electrons. The average molecular weight is 316 g/mol. The van der Waals surface area contributed by atoms with E-state index in [4.69, 9.17) is 0 Å². The fourth-order valence-electron chi connectivity index (χ4n) is 1.70. The largest absolute Gasteiger partial charge is 0.461 e. The van der Waals surface area contributed by atoms with Crippen LogP contribution in [0.5, 0.6) is 5.75 Å². The lowest BCUT2D eigenvalue weighted by Crippen LogP contribution is -2.34. The maximum Gasteiger partial charge on any atom is 0.461 e. The zero-order valence-corrected chi connectivity index (χ0v) is 10.9. The molecular weight excluding hydrogens is 307 g/mol. The van der Waals surface area contributed by atoms with E-state index in [9.17, 15) is 26.7 Å². The van der Waals surface area contributed by atoms with Gasteiger partial charge in [-0.05, 0) is 12.1 Å². The van der Waals surface area contributed by atoms with Crippen molar-refractivity contribution in [3.8, 4) is 5.75 Å². The topological polar surface area (TPSA) is 26.3 Å². The van der Waals surface area contributed by atoms with Gasteiger partial charge in [0.2, 0.25) is 0 Å². The Hall–Kier alpha value is -2.44. The SMILES string of the molecule is O=C(c1ccccc1)c1ccc(F)cc1OC(F)(F)C(F)F. The molecule has 2 rings (SSSR count). The number of hydrogen-bond acceptors (Lipinski definition) is 2. The number of hydrogen-bond donors (Lipinski definition) is 0. The van der Waals surface area contributed by atoms with Crippen molar-refractivity contribution in [1.29, 1.82) is 0 Å². The molecule has 0 saturated carbocycles. The minimum atomic E-state index is -4.83. The van der Waals surface area contributed by atoms with Crippen molar-refractivity contribution in [2.24, 2.45) is 0 Å². The van der Waals surface area contributed by atoms with E-state index in [-0.39, 0.29) is 5.56 Å². The summed E-state index contributed by atoms with van der Waals surface area (Å²) in [6.45, 7) is 0. The zero-order valence-electron chi connectivity index (χ0n) is 10.9. The van der Waals surface area contributed by atoms with E-state index < -0.39 is 35.4 Å². The summed E-state index contributed by atoms with van der Waals surface area (Å²) in [7, 11) is 0. The molecule has 0 aliphatic heterocycles. The predicted molar refractivity (Wildman–Crippen MR) is 67.9 cm³/mol. The lowest BCUT2D eigenvalue weighted by Gasteiger charge is -2.18. The summed E-state index contributed by atoms with van der Waals surface area (Å²) in [6.07, 6.45) is -8.95. The molecule has 116 valence electrons. The van der Waals surface area contributed by atoms with Gasteiger partial charge in [-0.25, -0.2) is 4.39 Å². The second kappa shape index (κ2) is 6.13. The van der Waals surface area contributed by atoms with Crippen LogP contribution in [0.4, 0.5) is 22.0 Å². The van der Waals surface area contributed by atoms with Crippen LogP contribution in [0, 0.1) is 5.82 Å². The molecule has 0 spiro atoms. The number of ketones is 1. The fourth-order valence-corrected chi connectivity index (χ4v) is 1.70. The van der Waals surface area contributed by atoms with Crippen LogP contribution in [0.3, 0.4) is 0 Å². The minimum absolute atomic E-state index is 0.124. The van der Waals surface area contributed by atoms with E-state index in [0.29, 0.717) is 6.07 Å². The molecule has 0 heterocycles. The Bertz CT molecular complexity index is 671. The Morgan fingerprint density at radius 2 is 1.68 bits per heavy atom. The monoisotopic (exact) mass is 316 g/mol. The molecule has 0 N–H and O–H groups in total. The van der Waals surface area contributed by atoms with E-state index in [0.717, 1.165) is 12.1 Å². The van der Waals surface area contributed by atoms with Gasteiger partial charge in [0.1, 0.15) is 11.6 Å². The Morgan fingerprint density at radius 1 is 1.05 bits per heavy atom. The second-order valence-corrected chi connectivity index (χ2v) is 4.30. The summed E-state index contributed by atoms with van der Waals surface area (Å²) in [4.78, 5) is 12.2. The van der Waals surface area contributed by atoms with Gasteiger partial charge >= 0.3 is 12.5 Å². The van der Waals surface area contributed by atoms with Crippen molar-refractivity contribution >= 4 is 5.78 Å². The summed E-state index contributed by atoms with van der Waals surface area (Å²) in [5.41, 5.74) is -0.313. The van der Waals surface area contributed by atoms with Crippen LogP contribution < -0.4 is 4.74 Å². The number of rotatable bonds is 5. The molecule has 0 aromatic heterocycles. The van der Waals surface area contributed by atoms with E-state index in [1.807, 2.05) is 0 Å². The number of alkyl halides is 4. The van der Waals surface area contributed by atoms with Crippen molar-refractivity contribution in [3.05, 3.63) is 65.5 Å². The van der Waals surface area contributed by atoms with Gasteiger partial charge in [0, 0.05) is 11.6 Å². The summed E-state index contributed by atoms with van der Waals surface area (Å²) >= 11 is 0. The molecule has 2 nitrogen and oxygen atoms in total. The lowest BCUT2D eigenvalue weighted by atomic mass is 10.0. The van der Waals surface area contributed by atoms with Crippen molar-refractivity contribution in [2.75, 3.05) is 0 Å². The smallest absolute Gasteiger partial charge is 0.427 e. The molecule has 0 aliphatic rings. The second-order valence-electron chi connectivity index (χ2n) is 4.30. The molecule has 0 fully saturated rings. The quantitative estimate of drug-likeness (QED) is 0.607. The highest BCUT2D eigenvalue weighted by atomic mass is 19.3. The number of carbonyl (C=O) groups excluding carboxylic acids is 1. The maximum atomic E-state index is 13.2. The van der Waals surface area contributed by atoms with E-state index in [1.165, 1.54) is 24.3 Å². The Labute approximate surface area is 122 Å². The third-order valence-corrected chi connectivity index (χ3v) is 2.72. The number of carbonyl (C=O) groups is 1. The van der Waals surface area contributed by atoms with Gasteiger partial charge in [-0.2, -0.15) is 17.6 Å². The highest BCUT2D eigenvalue weighted by molar-refractivity contribution is 6.10. The molecule has 7 heteroatoms. The summed E-state index contributed by atoms with van der Waals surface area (Å²) in [5.74, 6) is -2.69. The first-order chi connectivity index (χ1) is 10.3. The Kier molecular flexibility index (Phi) is 4.44. The molecule has 0 amide bonds. The average Bonchev–Trinajstić information content (AvgIpc) is 2.47. The molecule has 2 aromatic carbocycles. The number of halogens is 5. The molecule has 0 unspecified atom stereocenters. The van der Waals surface area contributed by atoms with E-state index in [1.54, 1.807) is 6.07 Å². The van der Waals surface area contributed by atoms with Gasteiger partial charge in [0.15, 0.2) is 5.78 Å². The fraction of sp³-hybridized carbons (Fsp3) is 0.133. The predicted octanol–water partition coefficient (Wildman–Crippen LogP) is 4.29. The summed E-state index contributed by atoms with van der Waals surface area (Å²) in [6, 6.07) is 9.72. The van der Waals surface area contributed by atoms with Gasteiger partial charge in [-0.1, -0.05) is 30.3 Å². The first-order valence-corrected chi connectivity index (χ1v) is 6.05.